The van der Waals surface area contributed by atoms with Crippen LogP contribution in [0.15, 0.2) is 12.1 Å². The smallest absolute Gasteiger partial charge is 0.149 e. The van der Waals surface area contributed by atoms with E-state index in [1.807, 2.05) is 19.1 Å². The summed E-state index contributed by atoms with van der Waals surface area (Å²) in [6.07, 6.45) is 1.93. The second kappa shape index (κ2) is 5.31. The number of hydrogen-bond acceptors (Lipinski definition) is 3. The molecule has 0 saturated heterocycles. The van der Waals surface area contributed by atoms with E-state index in [1.54, 1.807) is 0 Å². The first kappa shape index (κ1) is 12.2. The zero-order valence-electron chi connectivity index (χ0n) is 9.55. The topological polar surface area (TPSA) is 37.8 Å². The molecule has 15 heavy (non-hydrogen) atoms. The van der Waals surface area contributed by atoms with Crippen molar-refractivity contribution in [2.75, 3.05) is 11.2 Å². The van der Waals surface area contributed by atoms with E-state index in [2.05, 4.69) is 29.4 Å². The van der Waals surface area contributed by atoms with E-state index in [4.69, 9.17) is 11.6 Å². The van der Waals surface area contributed by atoms with Crippen molar-refractivity contribution in [1.82, 2.24) is 10.2 Å². The van der Waals surface area contributed by atoms with Crippen molar-refractivity contribution in [3.05, 3.63) is 17.8 Å². The van der Waals surface area contributed by atoms with Crippen molar-refractivity contribution in [1.29, 1.82) is 0 Å². The van der Waals surface area contributed by atoms with Crippen LogP contribution in [0, 0.1) is 6.92 Å². The molecule has 0 bridgehead atoms. The maximum atomic E-state index is 5.78. The summed E-state index contributed by atoms with van der Waals surface area (Å²) in [7, 11) is 0. The molecular weight excluding hydrogens is 210 g/mol. The quantitative estimate of drug-likeness (QED) is 0.786. The molecule has 0 radical (unpaired) electrons. The number of nitrogens with one attached hydrogen (secondary N) is 1. The van der Waals surface area contributed by atoms with Crippen molar-refractivity contribution in [3.8, 4) is 0 Å². The SMILES string of the molecule is CCC(C)(CCCl)Nc1ccc(C)nn1. The minimum Gasteiger partial charge on any atom is -0.363 e. The molecule has 1 rings (SSSR count). The van der Waals surface area contributed by atoms with Gasteiger partial charge in [0.05, 0.1) is 5.69 Å². The molecule has 0 aromatic carbocycles. The minimum atomic E-state index is 0.00564. The summed E-state index contributed by atoms with van der Waals surface area (Å²) < 4.78 is 0. The molecule has 1 heterocycles. The van der Waals surface area contributed by atoms with Gasteiger partial charge in [0.2, 0.25) is 0 Å². The minimum absolute atomic E-state index is 0.00564. The van der Waals surface area contributed by atoms with Crippen LogP contribution in [0.3, 0.4) is 0 Å². The normalized spacial score (nSPS) is 14.7. The van der Waals surface area contributed by atoms with Gasteiger partial charge in [0.15, 0.2) is 0 Å². The zero-order chi connectivity index (χ0) is 11.3. The predicted octanol–water partition coefficient (Wildman–Crippen LogP) is 2.99. The van der Waals surface area contributed by atoms with Gasteiger partial charge in [-0.05, 0) is 38.8 Å². The summed E-state index contributed by atoms with van der Waals surface area (Å²) in [5.74, 6) is 1.46. The fourth-order valence-electron chi connectivity index (χ4n) is 1.31. The average molecular weight is 228 g/mol. The molecule has 1 aromatic heterocycles. The van der Waals surface area contributed by atoms with Gasteiger partial charge >= 0.3 is 0 Å². The molecule has 3 nitrogen and oxygen atoms in total. The van der Waals surface area contributed by atoms with Gasteiger partial charge in [-0.2, -0.15) is 5.10 Å². The van der Waals surface area contributed by atoms with Crippen LogP contribution < -0.4 is 5.32 Å². The average Bonchev–Trinajstić information content (AvgIpc) is 2.22. The van der Waals surface area contributed by atoms with Crippen LogP contribution in [0.25, 0.3) is 0 Å². The Labute approximate surface area is 96.2 Å². The third kappa shape index (κ3) is 3.67. The van der Waals surface area contributed by atoms with Crippen LogP contribution in [-0.4, -0.2) is 21.6 Å². The molecule has 1 unspecified atom stereocenters. The molecule has 0 spiro atoms. The third-order valence-electron chi connectivity index (χ3n) is 2.65. The van der Waals surface area contributed by atoms with Crippen LogP contribution in [-0.2, 0) is 0 Å². The van der Waals surface area contributed by atoms with Crippen molar-refractivity contribution >= 4 is 17.4 Å². The van der Waals surface area contributed by atoms with E-state index < -0.39 is 0 Å². The predicted molar refractivity (Wildman–Crippen MR) is 64.4 cm³/mol. The number of anilines is 1. The van der Waals surface area contributed by atoms with Gasteiger partial charge in [-0.25, -0.2) is 0 Å². The molecular formula is C11H18ClN3. The highest BCUT2D eigenvalue weighted by atomic mass is 35.5. The molecule has 4 heteroatoms. The second-order valence-electron chi connectivity index (χ2n) is 4.04. The Hall–Kier alpha value is -0.830. The Kier molecular flexibility index (Phi) is 4.33. The van der Waals surface area contributed by atoms with Crippen molar-refractivity contribution in [2.24, 2.45) is 0 Å². The fourth-order valence-corrected chi connectivity index (χ4v) is 1.73. The number of alkyl halides is 1. The maximum Gasteiger partial charge on any atom is 0.149 e. The van der Waals surface area contributed by atoms with Gasteiger partial charge in [-0.1, -0.05) is 6.92 Å². The molecule has 0 aliphatic heterocycles. The monoisotopic (exact) mass is 227 g/mol. The lowest BCUT2D eigenvalue weighted by Gasteiger charge is -2.29. The Balaban J connectivity index is 2.70. The van der Waals surface area contributed by atoms with Crippen LogP contribution in [0.4, 0.5) is 5.82 Å². The van der Waals surface area contributed by atoms with E-state index in [0.717, 1.165) is 24.4 Å². The largest absolute Gasteiger partial charge is 0.363 e. The Morgan fingerprint density at radius 2 is 2.13 bits per heavy atom. The number of halogens is 1. The Morgan fingerprint density at radius 1 is 1.40 bits per heavy atom. The van der Waals surface area contributed by atoms with E-state index in [9.17, 15) is 0 Å². The molecule has 1 atom stereocenters. The van der Waals surface area contributed by atoms with Gasteiger partial charge < -0.3 is 5.32 Å². The summed E-state index contributed by atoms with van der Waals surface area (Å²) in [5.41, 5.74) is 0.933. The lowest BCUT2D eigenvalue weighted by molar-refractivity contribution is 0.478. The molecule has 0 fully saturated rings. The number of aryl methyl sites for hydroxylation is 1. The third-order valence-corrected chi connectivity index (χ3v) is 2.84. The molecule has 84 valence electrons. The first-order valence-electron chi connectivity index (χ1n) is 5.24. The van der Waals surface area contributed by atoms with E-state index in [-0.39, 0.29) is 5.54 Å². The molecule has 1 aromatic rings. The Morgan fingerprint density at radius 3 is 2.60 bits per heavy atom. The highest BCUT2D eigenvalue weighted by Gasteiger charge is 2.21. The van der Waals surface area contributed by atoms with Crippen LogP contribution in [0.2, 0.25) is 0 Å². The summed E-state index contributed by atoms with van der Waals surface area (Å²) in [6.45, 7) is 6.21. The molecule has 0 aliphatic carbocycles. The van der Waals surface area contributed by atoms with Gasteiger partial charge in [0, 0.05) is 11.4 Å². The molecule has 1 N–H and O–H groups in total. The van der Waals surface area contributed by atoms with E-state index >= 15 is 0 Å². The van der Waals surface area contributed by atoms with Gasteiger partial charge in [0.1, 0.15) is 5.82 Å². The van der Waals surface area contributed by atoms with Crippen LogP contribution >= 0.6 is 11.6 Å². The number of nitrogens with zero attached hydrogens (tertiary/aromatic N) is 2. The van der Waals surface area contributed by atoms with Gasteiger partial charge in [-0.15, -0.1) is 16.7 Å². The highest BCUT2D eigenvalue weighted by molar-refractivity contribution is 6.17. The second-order valence-corrected chi connectivity index (χ2v) is 4.42. The molecule has 0 amide bonds. The Bertz CT molecular complexity index is 299. The highest BCUT2D eigenvalue weighted by Crippen LogP contribution is 2.20. The summed E-state index contributed by atoms with van der Waals surface area (Å²) in [4.78, 5) is 0. The fraction of sp³-hybridized carbons (Fsp3) is 0.636. The lowest BCUT2D eigenvalue weighted by atomic mass is 9.95. The van der Waals surface area contributed by atoms with Crippen molar-refractivity contribution in [2.45, 2.75) is 39.2 Å². The van der Waals surface area contributed by atoms with Crippen LogP contribution in [0.5, 0.6) is 0 Å². The number of rotatable bonds is 5. The summed E-state index contributed by atoms with van der Waals surface area (Å²) in [6, 6.07) is 3.90. The maximum absolute atomic E-state index is 5.78. The lowest BCUT2D eigenvalue weighted by Crippen LogP contribution is -2.34. The molecule has 0 saturated carbocycles. The zero-order valence-corrected chi connectivity index (χ0v) is 10.3. The van der Waals surface area contributed by atoms with Gasteiger partial charge in [-0.3, -0.25) is 0 Å². The first-order chi connectivity index (χ1) is 7.09. The summed E-state index contributed by atoms with van der Waals surface area (Å²) in [5, 5.41) is 11.5. The number of hydrogen-bond donors (Lipinski definition) is 1. The molecule has 0 aliphatic rings. The van der Waals surface area contributed by atoms with E-state index in [1.165, 1.54) is 0 Å². The van der Waals surface area contributed by atoms with E-state index in [0.29, 0.717) is 5.88 Å². The standard InChI is InChI=1S/C11H18ClN3/c1-4-11(3,7-8-12)13-10-6-5-9(2)14-15-10/h5-6H,4,7-8H2,1-3H3,(H,13,15). The van der Waals surface area contributed by atoms with Crippen LogP contribution in [0.1, 0.15) is 32.4 Å². The van der Waals surface area contributed by atoms with Crippen molar-refractivity contribution < 1.29 is 0 Å². The van der Waals surface area contributed by atoms with Gasteiger partial charge in [0.25, 0.3) is 0 Å². The summed E-state index contributed by atoms with van der Waals surface area (Å²) >= 11 is 5.78. The van der Waals surface area contributed by atoms with Crippen molar-refractivity contribution in [3.63, 3.8) is 0 Å². The first-order valence-corrected chi connectivity index (χ1v) is 5.77. The number of aromatic nitrogens is 2.